The van der Waals surface area contributed by atoms with Gasteiger partial charge in [-0.1, -0.05) is 116 Å². The Labute approximate surface area is 320 Å². The van der Waals surface area contributed by atoms with Crippen LogP contribution in [0.1, 0.15) is 37.3 Å². The Hall–Kier alpha value is -6.46. The topological polar surface area (TPSA) is 35.0 Å². The minimum Gasteiger partial charge on any atom is -0.469 e. The van der Waals surface area contributed by atoms with Crippen LogP contribution in [0.3, 0.4) is 0 Å². The monoisotopic (exact) mass is 709 g/mol. The molecule has 3 aromatic heterocycles. The number of benzene rings is 7. The molecule has 0 aliphatic carbocycles. The van der Waals surface area contributed by atoms with E-state index in [1.807, 2.05) is 0 Å². The highest BCUT2D eigenvalue weighted by molar-refractivity contribution is 6.73. The fourth-order valence-electron chi connectivity index (χ4n) is 9.31. The minimum absolute atomic E-state index is 0.694. The lowest BCUT2D eigenvalue weighted by atomic mass is 9.62. The molecule has 1 aliphatic heterocycles. The number of aromatic nitrogens is 2. The molecule has 0 fully saturated rings. The first-order valence-electron chi connectivity index (χ1n) is 19.7. The summed E-state index contributed by atoms with van der Waals surface area (Å²) in [6.07, 6.45) is 4.86. The molecule has 0 amide bonds. The zero-order chi connectivity index (χ0) is 36.6. The smallest absolute Gasteiger partial charge is 0.244 e. The Kier molecular flexibility index (Phi) is 7.31. The van der Waals surface area contributed by atoms with Crippen LogP contribution in [0.4, 0.5) is 11.4 Å². The zero-order valence-electron chi connectivity index (χ0n) is 31.2. The summed E-state index contributed by atoms with van der Waals surface area (Å²) in [7, 11) is 0.694. The number of anilines is 2. The van der Waals surface area contributed by atoms with E-state index in [2.05, 4.69) is 174 Å². The molecule has 0 spiro atoms. The van der Waals surface area contributed by atoms with Crippen LogP contribution in [0.25, 0.3) is 77.1 Å². The number of fused-ring (bicyclic) bond motifs is 10. The van der Waals surface area contributed by atoms with Gasteiger partial charge in [-0.15, -0.1) is 0 Å². The van der Waals surface area contributed by atoms with Crippen molar-refractivity contribution in [3.8, 4) is 22.5 Å². The number of hydrogen-bond acceptors (Lipinski definition) is 2. The highest BCUT2D eigenvalue weighted by Gasteiger charge is 2.33. The lowest BCUT2D eigenvalue weighted by Crippen LogP contribution is -2.36. The number of furan rings is 1. The normalized spacial score (nSPS) is 12.3. The van der Waals surface area contributed by atoms with Crippen molar-refractivity contribution in [2.75, 3.05) is 5.32 Å². The van der Waals surface area contributed by atoms with Gasteiger partial charge in [-0.05, 0) is 91.0 Å². The van der Waals surface area contributed by atoms with Gasteiger partial charge in [0.2, 0.25) is 7.28 Å². The third-order valence-electron chi connectivity index (χ3n) is 11.8. The molecule has 0 bridgehead atoms. The lowest BCUT2D eigenvalue weighted by Gasteiger charge is -2.23. The third-order valence-corrected chi connectivity index (χ3v) is 11.8. The molecule has 0 radical (unpaired) electrons. The molecule has 7 aromatic carbocycles. The first-order valence-corrected chi connectivity index (χ1v) is 19.7. The number of para-hydroxylation sites is 4. The molecule has 0 saturated carbocycles. The molecule has 0 atom stereocenters. The highest BCUT2D eigenvalue weighted by atomic mass is 16.3. The zero-order valence-corrected chi connectivity index (χ0v) is 31.2. The third kappa shape index (κ3) is 4.92. The first kappa shape index (κ1) is 32.0. The van der Waals surface area contributed by atoms with E-state index in [4.69, 9.17) is 4.42 Å². The Bertz CT molecular complexity index is 3070. The Morgan fingerprint density at radius 3 is 2.04 bits per heavy atom. The Morgan fingerprint density at radius 1 is 0.618 bits per heavy atom. The number of rotatable bonds is 8. The number of nitrogens with one attached hydrogen (secondary N) is 1. The number of nitrogens with zero attached hydrogens (tertiary/aromatic N) is 2. The van der Waals surface area contributed by atoms with Crippen molar-refractivity contribution in [1.82, 2.24) is 9.13 Å². The van der Waals surface area contributed by atoms with Crippen molar-refractivity contribution >= 4 is 84.4 Å². The summed E-state index contributed by atoms with van der Waals surface area (Å²) in [5, 5.41) is 10.0. The largest absolute Gasteiger partial charge is 0.469 e. The summed E-state index contributed by atoms with van der Waals surface area (Å²) in [6, 6.07) is 53.5. The molecule has 1 N–H and O–H groups in total. The molecule has 4 heterocycles. The van der Waals surface area contributed by atoms with Crippen molar-refractivity contribution in [3.05, 3.63) is 157 Å². The van der Waals surface area contributed by atoms with Crippen molar-refractivity contribution < 1.29 is 4.42 Å². The average molecular weight is 710 g/mol. The average Bonchev–Trinajstić information content (AvgIpc) is 3.87. The predicted molar refractivity (Wildman–Crippen MR) is 234 cm³/mol. The fourth-order valence-corrected chi connectivity index (χ4v) is 9.31. The maximum Gasteiger partial charge on any atom is 0.244 e. The SMILES string of the molecule is CCCCCc1ccc(Nc2ccccc2-c2cc(-n3c4ccccc4c4ccccc43)c3c4ccccc4n4c3c2Bc2oc3ccc(C)cc3c2-4)cc1. The summed E-state index contributed by atoms with van der Waals surface area (Å²) in [4.78, 5) is 0. The van der Waals surface area contributed by atoms with E-state index >= 15 is 0 Å². The van der Waals surface area contributed by atoms with Gasteiger partial charge in [0.05, 0.1) is 39.1 Å². The standard InChI is InChI=1S/C50H40BN3O/c1-3-4-5-14-32-24-26-33(27-25-32)52-40-19-10-6-15-34(40)38-30-44(53-41-20-11-7-16-35(41)36-17-8-12-21-42(36)53)46-37-18-9-13-22-43(37)54-48-39-29-31(2)23-28-45(39)55-50(48)51-47(38)49(46)54/h6-13,15-30,51-52H,3-5,14H2,1-2H3. The maximum atomic E-state index is 6.79. The van der Waals surface area contributed by atoms with Gasteiger partial charge in [0.15, 0.2) is 0 Å². The highest BCUT2D eigenvalue weighted by Crippen LogP contribution is 2.44. The maximum absolute atomic E-state index is 6.79. The second kappa shape index (κ2) is 12.6. The quantitative estimate of drug-likeness (QED) is 0.126. The second-order valence-corrected chi connectivity index (χ2v) is 15.2. The molecule has 4 nitrogen and oxygen atoms in total. The Morgan fingerprint density at radius 2 is 1.29 bits per heavy atom. The Balaban J connectivity index is 1.23. The van der Waals surface area contributed by atoms with Crippen LogP contribution >= 0.6 is 0 Å². The van der Waals surface area contributed by atoms with Crippen LogP contribution in [0, 0.1) is 6.92 Å². The van der Waals surface area contributed by atoms with Crippen LogP contribution in [0.2, 0.25) is 0 Å². The molecule has 5 heteroatoms. The molecule has 55 heavy (non-hydrogen) atoms. The van der Waals surface area contributed by atoms with Crippen LogP contribution < -0.4 is 16.4 Å². The number of unbranched alkanes of at least 4 members (excludes halogenated alkanes) is 2. The van der Waals surface area contributed by atoms with Gasteiger partial charge < -0.3 is 18.9 Å². The van der Waals surface area contributed by atoms with Gasteiger partial charge in [-0.2, -0.15) is 0 Å². The first-order chi connectivity index (χ1) is 27.2. The van der Waals surface area contributed by atoms with Gasteiger partial charge in [-0.3, -0.25) is 0 Å². The van der Waals surface area contributed by atoms with Gasteiger partial charge in [0.1, 0.15) is 5.58 Å². The van der Waals surface area contributed by atoms with E-state index in [-0.39, 0.29) is 0 Å². The summed E-state index contributed by atoms with van der Waals surface area (Å²) >= 11 is 0. The molecular formula is C50H40BN3O. The molecule has 11 rings (SSSR count). The van der Waals surface area contributed by atoms with Gasteiger partial charge in [0, 0.05) is 43.9 Å². The van der Waals surface area contributed by atoms with Crippen LogP contribution in [0.15, 0.2) is 150 Å². The number of aryl methyl sites for hydroxylation is 2. The second-order valence-electron chi connectivity index (χ2n) is 15.2. The molecule has 0 saturated heterocycles. The van der Waals surface area contributed by atoms with Crippen LogP contribution in [0.5, 0.6) is 0 Å². The summed E-state index contributed by atoms with van der Waals surface area (Å²) < 4.78 is 11.8. The molecule has 0 unspecified atom stereocenters. The van der Waals surface area contributed by atoms with Gasteiger partial charge in [-0.25, -0.2) is 0 Å². The van der Waals surface area contributed by atoms with Crippen molar-refractivity contribution in [2.24, 2.45) is 0 Å². The molecule has 1 aliphatic rings. The van der Waals surface area contributed by atoms with Gasteiger partial charge >= 0.3 is 0 Å². The summed E-state index contributed by atoms with van der Waals surface area (Å²) in [5.41, 5.74) is 17.6. The van der Waals surface area contributed by atoms with E-state index in [1.165, 1.54) is 96.3 Å². The van der Waals surface area contributed by atoms with E-state index in [1.54, 1.807) is 0 Å². The summed E-state index contributed by atoms with van der Waals surface area (Å²) in [6.45, 7) is 4.43. The van der Waals surface area contributed by atoms with Crippen molar-refractivity contribution in [2.45, 2.75) is 39.5 Å². The van der Waals surface area contributed by atoms with Gasteiger partial charge in [0.25, 0.3) is 0 Å². The van der Waals surface area contributed by atoms with E-state index in [0.29, 0.717) is 7.28 Å². The summed E-state index contributed by atoms with van der Waals surface area (Å²) in [5.74, 6) is 0. The van der Waals surface area contributed by atoms with Crippen LogP contribution in [-0.4, -0.2) is 16.4 Å². The van der Waals surface area contributed by atoms with E-state index < -0.39 is 0 Å². The number of hydrogen-bond donors (Lipinski definition) is 1. The van der Waals surface area contributed by atoms with Crippen molar-refractivity contribution in [3.63, 3.8) is 0 Å². The van der Waals surface area contributed by atoms with Crippen molar-refractivity contribution in [1.29, 1.82) is 0 Å². The lowest BCUT2D eigenvalue weighted by molar-refractivity contribution is 0.650. The van der Waals surface area contributed by atoms with E-state index in [0.717, 1.165) is 40.1 Å². The predicted octanol–water partition coefficient (Wildman–Crippen LogP) is 11.8. The fraction of sp³-hybridized carbons (Fsp3) is 0.120. The molecule has 10 aromatic rings. The molecular weight excluding hydrogens is 669 g/mol. The van der Waals surface area contributed by atoms with E-state index in [9.17, 15) is 0 Å². The van der Waals surface area contributed by atoms with Crippen LogP contribution in [-0.2, 0) is 6.42 Å². The minimum atomic E-state index is 0.694. The molecule has 264 valence electrons.